The fraction of sp³-hybridized carbons (Fsp3) is 0.333. The zero-order valence-electron chi connectivity index (χ0n) is 18.5. The number of nitrogens with zero attached hydrogens (tertiary/aromatic N) is 4. The highest BCUT2D eigenvalue weighted by Crippen LogP contribution is 2.29. The molecule has 32 heavy (non-hydrogen) atoms. The molecule has 8 heteroatoms. The number of likely N-dealkylation sites (tertiary alicyclic amines) is 1. The van der Waals surface area contributed by atoms with E-state index in [1.54, 1.807) is 43.9 Å². The lowest BCUT2D eigenvalue weighted by Gasteiger charge is -2.38. The number of aromatic nitrogens is 3. The van der Waals surface area contributed by atoms with Crippen LogP contribution in [-0.2, 0) is 0 Å². The van der Waals surface area contributed by atoms with Crippen LogP contribution in [0.25, 0.3) is 11.3 Å². The average molecular weight is 434 g/mol. The van der Waals surface area contributed by atoms with Crippen molar-refractivity contribution in [2.24, 2.45) is 0 Å². The van der Waals surface area contributed by atoms with Gasteiger partial charge in [-0.25, -0.2) is 9.97 Å². The Morgan fingerprint density at radius 1 is 1.12 bits per heavy atom. The first-order chi connectivity index (χ1) is 15.5. The molecule has 1 amide bonds. The minimum absolute atomic E-state index is 0.0737. The molecule has 1 fully saturated rings. The maximum absolute atomic E-state index is 13.7. The van der Waals surface area contributed by atoms with Crippen molar-refractivity contribution in [3.8, 4) is 23.0 Å². The number of anilines is 1. The summed E-state index contributed by atoms with van der Waals surface area (Å²) in [7, 11) is 1.56. The van der Waals surface area contributed by atoms with Crippen molar-refractivity contribution in [1.82, 2.24) is 19.9 Å². The molecule has 8 nitrogen and oxygen atoms in total. The van der Waals surface area contributed by atoms with Crippen LogP contribution in [0.5, 0.6) is 11.8 Å². The first-order valence-corrected chi connectivity index (χ1v) is 10.6. The van der Waals surface area contributed by atoms with E-state index in [0.717, 1.165) is 24.0 Å². The molecular weight excluding hydrogens is 406 g/mol. The zero-order chi connectivity index (χ0) is 22.7. The Morgan fingerprint density at radius 2 is 1.91 bits per heavy atom. The van der Waals surface area contributed by atoms with Crippen LogP contribution in [0.3, 0.4) is 0 Å². The number of rotatable bonds is 5. The first kappa shape index (κ1) is 21.5. The Hall–Kier alpha value is -3.68. The van der Waals surface area contributed by atoms with Gasteiger partial charge in [0.05, 0.1) is 24.9 Å². The maximum Gasteiger partial charge on any atom is 0.256 e. The second-order valence-electron chi connectivity index (χ2n) is 7.94. The number of carbonyl (C=O) groups excluding carboxylic acids is 1. The second kappa shape index (κ2) is 9.21. The molecule has 2 N–H and O–H groups in total. The van der Waals surface area contributed by atoms with Gasteiger partial charge in [0.2, 0.25) is 11.8 Å². The molecule has 0 aliphatic carbocycles. The topological polar surface area (TPSA) is 103 Å². The van der Waals surface area contributed by atoms with Crippen molar-refractivity contribution in [3.63, 3.8) is 0 Å². The number of ether oxygens (including phenoxy) is 2. The Labute approximate surface area is 187 Å². The number of hydrogen-bond donors (Lipinski definition) is 1. The van der Waals surface area contributed by atoms with Gasteiger partial charge in [0, 0.05) is 47.5 Å². The lowest BCUT2D eigenvalue weighted by atomic mass is 9.98. The number of methoxy groups -OCH3 is 1. The van der Waals surface area contributed by atoms with Crippen LogP contribution in [0.2, 0.25) is 0 Å². The number of pyridine rings is 3. The standard InChI is InChI=1S/C24H27N5O3/c1-15-4-5-18(32-23-16(2)20(25)10-13-27-23)14-29(15)24(30)19-6-7-21(31-3)28-22(19)17-8-11-26-12-9-17/h6-13,15,18H,4-5,14H2,1-3H3,(H2,25,27). The molecule has 3 aromatic rings. The largest absolute Gasteiger partial charge is 0.481 e. The van der Waals surface area contributed by atoms with Gasteiger partial charge in [0.25, 0.3) is 5.91 Å². The molecule has 0 bridgehead atoms. The molecule has 0 radical (unpaired) electrons. The number of carbonyl (C=O) groups is 1. The van der Waals surface area contributed by atoms with E-state index in [1.807, 2.05) is 24.0 Å². The molecule has 2 unspecified atom stereocenters. The fourth-order valence-electron chi connectivity index (χ4n) is 3.87. The van der Waals surface area contributed by atoms with E-state index in [1.165, 1.54) is 0 Å². The van der Waals surface area contributed by atoms with Gasteiger partial charge in [-0.1, -0.05) is 0 Å². The minimum Gasteiger partial charge on any atom is -0.481 e. The smallest absolute Gasteiger partial charge is 0.256 e. The molecule has 4 rings (SSSR count). The van der Waals surface area contributed by atoms with E-state index in [0.29, 0.717) is 35.2 Å². The summed E-state index contributed by atoms with van der Waals surface area (Å²) < 4.78 is 11.4. The molecule has 1 saturated heterocycles. The average Bonchev–Trinajstić information content (AvgIpc) is 2.83. The highest BCUT2D eigenvalue weighted by molar-refractivity contribution is 6.00. The van der Waals surface area contributed by atoms with Crippen molar-refractivity contribution < 1.29 is 14.3 Å². The molecule has 0 aromatic carbocycles. The molecule has 2 atom stereocenters. The van der Waals surface area contributed by atoms with Crippen molar-refractivity contribution in [1.29, 1.82) is 0 Å². The number of hydrogen-bond acceptors (Lipinski definition) is 7. The van der Waals surface area contributed by atoms with Crippen molar-refractivity contribution in [2.45, 2.75) is 38.8 Å². The predicted molar refractivity (Wildman–Crippen MR) is 122 cm³/mol. The molecule has 3 aromatic heterocycles. The van der Waals surface area contributed by atoms with E-state index in [9.17, 15) is 4.79 Å². The highest BCUT2D eigenvalue weighted by atomic mass is 16.5. The third-order valence-electron chi connectivity index (χ3n) is 5.84. The van der Waals surface area contributed by atoms with Crippen LogP contribution in [0.15, 0.2) is 48.9 Å². The van der Waals surface area contributed by atoms with Gasteiger partial charge in [0.15, 0.2) is 0 Å². The minimum atomic E-state index is -0.168. The fourth-order valence-corrected chi connectivity index (χ4v) is 3.87. The van der Waals surface area contributed by atoms with Gasteiger partial charge in [-0.3, -0.25) is 9.78 Å². The number of amides is 1. The summed E-state index contributed by atoms with van der Waals surface area (Å²) in [5, 5.41) is 0. The van der Waals surface area contributed by atoms with Crippen molar-refractivity contribution in [2.75, 3.05) is 19.4 Å². The Bertz CT molecular complexity index is 1110. The summed E-state index contributed by atoms with van der Waals surface area (Å²) in [5.41, 5.74) is 9.33. The van der Waals surface area contributed by atoms with Gasteiger partial charge < -0.3 is 20.1 Å². The van der Waals surface area contributed by atoms with Gasteiger partial charge >= 0.3 is 0 Å². The monoisotopic (exact) mass is 433 g/mol. The first-order valence-electron chi connectivity index (χ1n) is 10.6. The molecule has 0 spiro atoms. The number of piperidine rings is 1. The molecular formula is C24H27N5O3. The molecule has 1 aliphatic rings. The highest BCUT2D eigenvalue weighted by Gasteiger charge is 2.32. The zero-order valence-corrected chi connectivity index (χ0v) is 18.5. The normalized spacial score (nSPS) is 18.3. The third-order valence-corrected chi connectivity index (χ3v) is 5.84. The quantitative estimate of drug-likeness (QED) is 0.657. The molecule has 166 valence electrons. The van der Waals surface area contributed by atoms with Gasteiger partial charge in [-0.15, -0.1) is 0 Å². The van der Waals surface area contributed by atoms with Crippen LogP contribution in [0.1, 0.15) is 35.7 Å². The third kappa shape index (κ3) is 4.34. The maximum atomic E-state index is 13.7. The summed E-state index contributed by atoms with van der Waals surface area (Å²) in [6, 6.07) is 8.96. The molecule has 1 aliphatic heterocycles. The molecule has 0 saturated carbocycles. The summed E-state index contributed by atoms with van der Waals surface area (Å²) >= 11 is 0. The summed E-state index contributed by atoms with van der Waals surface area (Å²) in [6.45, 7) is 4.40. The lowest BCUT2D eigenvalue weighted by molar-refractivity contribution is 0.0371. The SMILES string of the molecule is COc1ccc(C(=O)N2CC(Oc3nccc(N)c3C)CCC2C)c(-c2ccncc2)n1. The second-order valence-corrected chi connectivity index (χ2v) is 7.94. The van der Waals surface area contributed by atoms with Crippen molar-refractivity contribution in [3.05, 3.63) is 60.0 Å². The van der Waals surface area contributed by atoms with E-state index in [2.05, 4.69) is 21.9 Å². The Morgan fingerprint density at radius 3 is 2.66 bits per heavy atom. The van der Waals surface area contributed by atoms with E-state index in [4.69, 9.17) is 15.2 Å². The van der Waals surface area contributed by atoms with Gasteiger partial charge in [0.1, 0.15) is 6.10 Å². The Balaban J connectivity index is 1.61. The van der Waals surface area contributed by atoms with Crippen LogP contribution >= 0.6 is 0 Å². The molecule has 4 heterocycles. The summed E-state index contributed by atoms with van der Waals surface area (Å²) in [4.78, 5) is 28.5. The Kier molecular flexibility index (Phi) is 6.20. The lowest BCUT2D eigenvalue weighted by Crippen LogP contribution is -2.49. The van der Waals surface area contributed by atoms with E-state index in [-0.39, 0.29) is 18.1 Å². The number of nitrogens with two attached hydrogens (primary N) is 1. The van der Waals surface area contributed by atoms with Crippen LogP contribution in [0, 0.1) is 6.92 Å². The number of nitrogen functional groups attached to an aromatic ring is 1. The van der Waals surface area contributed by atoms with Crippen LogP contribution < -0.4 is 15.2 Å². The van der Waals surface area contributed by atoms with Gasteiger partial charge in [-0.2, -0.15) is 0 Å². The van der Waals surface area contributed by atoms with Crippen LogP contribution in [-0.4, -0.2) is 51.6 Å². The predicted octanol–water partition coefficient (Wildman–Crippen LogP) is 3.51. The van der Waals surface area contributed by atoms with E-state index >= 15 is 0 Å². The van der Waals surface area contributed by atoms with Gasteiger partial charge in [-0.05, 0) is 51.0 Å². The van der Waals surface area contributed by atoms with Crippen molar-refractivity contribution >= 4 is 11.6 Å². The van der Waals surface area contributed by atoms with E-state index < -0.39 is 0 Å². The summed E-state index contributed by atoms with van der Waals surface area (Å²) in [6.07, 6.45) is 6.48. The summed E-state index contributed by atoms with van der Waals surface area (Å²) in [5.74, 6) is 0.870. The van der Waals surface area contributed by atoms with Crippen LogP contribution in [0.4, 0.5) is 5.69 Å².